The van der Waals surface area contributed by atoms with Gasteiger partial charge in [0.2, 0.25) is 11.9 Å². The van der Waals surface area contributed by atoms with E-state index < -0.39 is 11.6 Å². The minimum absolute atomic E-state index is 0.0108. The van der Waals surface area contributed by atoms with Crippen LogP contribution < -0.4 is 10.6 Å². The molecule has 1 saturated heterocycles. The van der Waals surface area contributed by atoms with Crippen molar-refractivity contribution < 1.29 is 18.6 Å². The molecule has 0 amide bonds. The number of rotatable bonds is 5. The van der Waals surface area contributed by atoms with Gasteiger partial charge >= 0.3 is 0 Å². The fourth-order valence-corrected chi connectivity index (χ4v) is 4.67. The molecule has 2 fully saturated rings. The van der Waals surface area contributed by atoms with Crippen LogP contribution in [0.15, 0.2) is 18.3 Å². The molecular weight excluding hydrogens is 430 g/mol. The molecule has 0 bridgehead atoms. The molecule has 176 valence electrons. The number of aliphatic hydroxyl groups excluding tert-OH is 1. The van der Waals surface area contributed by atoms with Gasteiger partial charge in [-0.3, -0.25) is 4.57 Å². The predicted octanol–water partition coefficient (Wildman–Crippen LogP) is 4.22. The molecule has 33 heavy (non-hydrogen) atoms. The van der Waals surface area contributed by atoms with Crippen LogP contribution in [0.2, 0.25) is 0 Å². The highest BCUT2D eigenvalue weighted by atomic mass is 19.1. The van der Waals surface area contributed by atoms with Crippen molar-refractivity contribution in [2.24, 2.45) is 0 Å². The maximum absolute atomic E-state index is 14.6. The molecule has 1 saturated carbocycles. The van der Waals surface area contributed by atoms with Crippen molar-refractivity contribution >= 4 is 28.7 Å². The summed E-state index contributed by atoms with van der Waals surface area (Å²) in [6.07, 6.45) is 5.77. The van der Waals surface area contributed by atoms with Crippen LogP contribution >= 0.6 is 0 Å². The van der Waals surface area contributed by atoms with Gasteiger partial charge in [-0.05, 0) is 63.1 Å². The first kappa shape index (κ1) is 22.0. The van der Waals surface area contributed by atoms with Crippen molar-refractivity contribution in [3.8, 4) is 0 Å². The Kier molecular flexibility index (Phi) is 6.11. The summed E-state index contributed by atoms with van der Waals surface area (Å²) in [4.78, 5) is 13.7. The topological polar surface area (TPSA) is 97.1 Å². The van der Waals surface area contributed by atoms with Crippen LogP contribution in [0.1, 0.15) is 50.1 Å². The number of fused-ring (bicyclic) bond motifs is 1. The maximum atomic E-state index is 14.6. The Balaban J connectivity index is 1.54. The predicted molar refractivity (Wildman–Crippen MR) is 121 cm³/mol. The number of imidazole rings is 1. The monoisotopic (exact) mass is 458 g/mol. The lowest BCUT2D eigenvalue weighted by atomic mass is 9.93. The minimum atomic E-state index is -0.682. The van der Waals surface area contributed by atoms with E-state index in [1.165, 1.54) is 12.1 Å². The summed E-state index contributed by atoms with van der Waals surface area (Å²) in [5, 5.41) is 16.2. The summed E-state index contributed by atoms with van der Waals surface area (Å²) in [6.45, 7) is 3.04. The van der Waals surface area contributed by atoms with Crippen LogP contribution in [-0.2, 0) is 4.74 Å². The van der Waals surface area contributed by atoms with Gasteiger partial charge in [0, 0.05) is 25.3 Å². The highest BCUT2D eigenvalue weighted by molar-refractivity contribution is 5.76. The van der Waals surface area contributed by atoms with Crippen molar-refractivity contribution in [2.45, 2.75) is 63.6 Å². The van der Waals surface area contributed by atoms with E-state index in [0.717, 1.165) is 12.8 Å². The van der Waals surface area contributed by atoms with E-state index in [4.69, 9.17) is 9.72 Å². The zero-order valence-electron chi connectivity index (χ0n) is 18.5. The molecular formula is C23H28F2N6O2. The number of halogens is 2. The molecule has 5 rings (SSSR count). The molecule has 0 unspecified atom stereocenters. The van der Waals surface area contributed by atoms with Crippen molar-refractivity contribution in [1.29, 1.82) is 0 Å². The average Bonchev–Trinajstić information content (AvgIpc) is 3.15. The Morgan fingerprint density at radius 2 is 1.73 bits per heavy atom. The lowest BCUT2D eigenvalue weighted by molar-refractivity contribution is 0.0903. The number of benzene rings is 1. The molecule has 0 spiro atoms. The third kappa shape index (κ3) is 4.63. The number of aliphatic hydroxyl groups is 1. The van der Waals surface area contributed by atoms with Crippen LogP contribution in [0.3, 0.4) is 0 Å². The van der Waals surface area contributed by atoms with Crippen LogP contribution in [0.5, 0.6) is 0 Å². The highest BCUT2D eigenvalue weighted by Gasteiger charge is 2.27. The number of hydrogen-bond donors (Lipinski definition) is 3. The number of hydrogen-bond acceptors (Lipinski definition) is 7. The highest BCUT2D eigenvalue weighted by Crippen LogP contribution is 2.36. The fraction of sp³-hybridized carbons (Fsp3) is 0.522. The Morgan fingerprint density at radius 3 is 2.42 bits per heavy atom. The zero-order chi connectivity index (χ0) is 22.9. The van der Waals surface area contributed by atoms with E-state index in [1.54, 1.807) is 13.1 Å². The molecule has 2 aliphatic rings. The average molecular weight is 459 g/mol. The van der Waals surface area contributed by atoms with Crippen molar-refractivity contribution in [1.82, 2.24) is 19.5 Å². The van der Waals surface area contributed by atoms with Crippen LogP contribution in [-0.4, -0.2) is 50.0 Å². The molecule has 0 atom stereocenters. The first-order valence-electron chi connectivity index (χ1n) is 11.5. The lowest BCUT2D eigenvalue weighted by Crippen LogP contribution is -2.28. The van der Waals surface area contributed by atoms with Gasteiger partial charge in [-0.2, -0.15) is 4.98 Å². The van der Waals surface area contributed by atoms with E-state index >= 15 is 0 Å². The third-order valence-corrected chi connectivity index (χ3v) is 6.44. The number of aromatic nitrogens is 4. The molecule has 10 heteroatoms. The number of aryl methyl sites for hydroxylation is 1. The Hall–Kier alpha value is -2.85. The number of nitrogens with one attached hydrogen (secondary N) is 2. The van der Waals surface area contributed by atoms with Gasteiger partial charge in [-0.15, -0.1) is 0 Å². The fourth-order valence-electron chi connectivity index (χ4n) is 4.67. The van der Waals surface area contributed by atoms with Gasteiger partial charge in [0.25, 0.3) is 0 Å². The number of ether oxygens (including phenoxy) is 1. The van der Waals surface area contributed by atoms with Crippen molar-refractivity contribution in [3.05, 3.63) is 35.5 Å². The lowest BCUT2D eigenvalue weighted by Gasteiger charge is -2.28. The second-order valence-corrected chi connectivity index (χ2v) is 8.93. The summed E-state index contributed by atoms with van der Waals surface area (Å²) in [7, 11) is 0. The van der Waals surface area contributed by atoms with E-state index in [-0.39, 0.29) is 23.9 Å². The van der Waals surface area contributed by atoms with Gasteiger partial charge in [0.15, 0.2) is 5.65 Å². The quantitative estimate of drug-likeness (QED) is 0.527. The Bertz CT molecular complexity index is 1120. The minimum Gasteiger partial charge on any atom is -0.393 e. The second-order valence-electron chi connectivity index (χ2n) is 8.93. The van der Waals surface area contributed by atoms with E-state index in [0.29, 0.717) is 67.5 Å². The zero-order valence-corrected chi connectivity index (χ0v) is 18.5. The Morgan fingerprint density at radius 1 is 1.03 bits per heavy atom. The third-order valence-electron chi connectivity index (χ3n) is 6.44. The van der Waals surface area contributed by atoms with Crippen molar-refractivity contribution in [2.75, 3.05) is 23.8 Å². The van der Waals surface area contributed by atoms with Crippen LogP contribution in [0.25, 0.3) is 11.2 Å². The molecule has 0 radical (unpaired) electrons. The van der Waals surface area contributed by atoms with E-state index in [2.05, 4.69) is 20.6 Å². The first-order valence-corrected chi connectivity index (χ1v) is 11.5. The Labute approximate surface area is 190 Å². The van der Waals surface area contributed by atoms with Gasteiger partial charge in [-0.1, -0.05) is 0 Å². The van der Waals surface area contributed by atoms with Crippen LogP contribution in [0, 0.1) is 18.6 Å². The van der Waals surface area contributed by atoms with Crippen LogP contribution in [0.4, 0.5) is 26.4 Å². The largest absolute Gasteiger partial charge is 0.393 e. The molecule has 3 aromatic rings. The summed E-state index contributed by atoms with van der Waals surface area (Å²) in [5.41, 5.74) is 1.38. The number of nitrogens with zero attached hydrogens (tertiary/aromatic N) is 4. The molecule has 2 aromatic heterocycles. The molecule has 1 aliphatic heterocycles. The summed E-state index contributed by atoms with van der Waals surface area (Å²) < 4.78 is 36.5. The molecule has 3 heterocycles. The second kappa shape index (κ2) is 9.18. The van der Waals surface area contributed by atoms with Gasteiger partial charge in [0.1, 0.15) is 22.8 Å². The first-order chi connectivity index (χ1) is 16.0. The maximum Gasteiger partial charge on any atom is 0.224 e. The summed E-state index contributed by atoms with van der Waals surface area (Å²) in [5.74, 6) is -0.563. The summed E-state index contributed by atoms with van der Waals surface area (Å²) in [6, 6.07) is 2.78. The van der Waals surface area contributed by atoms with Gasteiger partial charge in [-0.25, -0.2) is 18.7 Å². The standard InChI is InChI=1S/C23H28F2N6O2/c1-13-10-17(24)20(18(25)11-13)29-23-28-19-12-26-22(27-14-6-8-33-9-7-14)30-21(19)31(23)15-2-4-16(32)5-3-15/h10-12,14-16,32H,2-9H2,1H3,(H,28,29)(H,26,27,30). The van der Waals surface area contributed by atoms with Crippen molar-refractivity contribution in [3.63, 3.8) is 0 Å². The molecule has 8 nitrogen and oxygen atoms in total. The molecule has 3 N–H and O–H groups in total. The van der Waals surface area contributed by atoms with E-state index in [9.17, 15) is 13.9 Å². The van der Waals surface area contributed by atoms with Gasteiger partial charge in [0.05, 0.1) is 12.3 Å². The number of anilines is 3. The van der Waals surface area contributed by atoms with E-state index in [1.807, 2.05) is 4.57 Å². The SMILES string of the molecule is Cc1cc(F)c(Nc2nc3cnc(NC4CCOCC4)nc3n2C2CCC(O)CC2)c(F)c1. The summed E-state index contributed by atoms with van der Waals surface area (Å²) >= 11 is 0. The normalized spacial score (nSPS) is 21.9. The molecule has 1 aromatic carbocycles. The van der Waals surface area contributed by atoms with Gasteiger partial charge < -0.3 is 20.5 Å². The molecule has 1 aliphatic carbocycles. The smallest absolute Gasteiger partial charge is 0.224 e.